The summed E-state index contributed by atoms with van der Waals surface area (Å²) in [5, 5.41) is 13.7. The Morgan fingerprint density at radius 1 is 0.952 bits per heavy atom. The number of nitrogens with zero attached hydrogens (tertiary/aromatic N) is 6. The molecular weight excluding hydrogens is 564 g/mol. The maximum absolute atomic E-state index is 13.0. The molecule has 3 aliphatic rings. The van der Waals surface area contributed by atoms with Crippen LogP contribution in [0.2, 0.25) is 5.02 Å². The summed E-state index contributed by atoms with van der Waals surface area (Å²) < 4.78 is 15.7. The fraction of sp³-hybridized carbons (Fsp3) is 0.655. The number of esters is 2. The van der Waals surface area contributed by atoms with Crippen molar-refractivity contribution in [3.05, 3.63) is 29.3 Å². The predicted molar refractivity (Wildman–Crippen MR) is 152 cm³/mol. The number of fused-ring (bicyclic) bond motifs is 1. The Hall–Kier alpha value is -3.25. The molecule has 2 aliphatic heterocycles. The lowest BCUT2D eigenvalue weighted by atomic mass is 9.69. The molecule has 5 rings (SSSR count). The highest BCUT2D eigenvalue weighted by atomic mass is 35.5. The van der Waals surface area contributed by atoms with Crippen LogP contribution in [0.15, 0.2) is 24.3 Å². The van der Waals surface area contributed by atoms with Gasteiger partial charge in [-0.15, -0.1) is 10.2 Å². The zero-order valence-corrected chi connectivity index (χ0v) is 25.1. The van der Waals surface area contributed by atoms with Crippen molar-refractivity contribution in [2.75, 3.05) is 40.0 Å². The maximum Gasteiger partial charge on any atom is 0.410 e. The zero-order valence-electron chi connectivity index (χ0n) is 24.4. The van der Waals surface area contributed by atoms with E-state index in [1.807, 2.05) is 25.1 Å². The lowest BCUT2D eigenvalue weighted by molar-refractivity contribution is -0.153. The summed E-state index contributed by atoms with van der Waals surface area (Å²) >= 11 is 6.34. The molecular formula is C29H39ClN6O6. The molecule has 1 amide bonds. The van der Waals surface area contributed by atoms with Gasteiger partial charge >= 0.3 is 18.0 Å². The third-order valence-corrected chi connectivity index (χ3v) is 9.18. The Kier molecular flexibility index (Phi) is 9.62. The van der Waals surface area contributed by atoms with Gasteiger partial charge in [0.05, 0.1) is 31.4 Å². The van der Waals surface area contributed by atoms with E-state index < -0.39 is 18.2 Å². The largest absolute Gasteiger partial charge is 0.465 e. The third-order valence-electron chi connectivity index (χ3n) is 8.85. The monoisotopic (exact) mass is 602 g/mol. The van der Waals surface area contributed by atoms with E-state index in [9.17, 15) is 14.4 Å². The molecule has 6 unspecified atom stereocenters. The number of methoxy groups -OCH3 is 1. The fourth-order valence-electron chi connectivity index (χ4n) is 6.89. The van der Waals surface area contributed by atoms with Crippen molar-refractivity contribution in [1.29, 1.82) is 0 Å². The first-order valence-electron chi connectivity index (χ1n) is 14.8. The van der Waals surface area contributed by atoms with Gasteiger partial charge < -0.3 is 14.2 Å². The summed E-state index contributed by atoms with van der Waals surface area (Å²) in [5.41, 5.74) is 0.707. The summed E-state index contributed by atoms with van der Waals surface area (Å²) in [7, 11) is 1.34. The molecule has 3 fully saturated rings. The van der Waals surface area contributed by atoms with Crippen molar-refractivity contribution in [1.82, 2.24) is 30.0 Å². The SMILES string of the molecule is CCOC(=O)C1CC(n2nnc(-c3ccccc3Cl)n2)CN1CC1CCC2CN(C(=O)OC)C(C(=O)OCC)CC2C1. The van der Waals surface area contributed by atoms with Crippen LogP contribution in [-0.2, 0) is 23.8 Å². The predicted octanol–water partition coefficient (Wildman–Crippen LogP) is 3.61. The summed E-state index contributed by atoms with van der Waals surface area (Å²) in [6, 6.07) is 6.17. The molecule has 2 aromatic rings. The number of tetrazole rings is 1. The summed E-state index contributed by atoms with van der Waals surface area (Å²) in [5.74, 6) is 0.712. The van der Waals surface area contributed by atoms with E-state index >= 15 is 0 Å². The quantitative estimate of drug-likeness (QED) is 0.326. The second kappa shape index (κ2) is 13.4. The van der Waals surface area contributed by atoms with Crippen molar-refractivity contribution in [2.45, 2.75) is 64.1 Å². The van der Waals surface area contributed by atoms with Crippen LogP contribution in [0, 0.1) is 17.8 Å². The van der Waals surface area contributed by atoms with Crippen molar-refractivity contribution >= 4 is 29.6 Å². The minimum absolute atomic E-state index is 0.143. The molecule has 0 bridgehead atoms. The minimum Gasteiger partial charge on any atom is -0.465 e. The van der Waals surface area contributed by atoms with Crippen molar-refractivity contribution in [3.63, 3.8) is 0 Å². The van der Waals surface area contributed by atoms with Crippen LogP contribution < -0.4 is 0 Å². The number of ether oxygens (including phenoxy) is 3. The Morgan fingerprint density at radius 2 is 1.69 bits per heavy atom. The van der Waals surface area contributed by atoms with Crippen LogP contribution in [0.4, 0.5) is 4.79 Å². The van der Waals surface area contributed by atoms with Gasteiger partial charge in [-0.3, -0.25) is 14.6 Å². The molecule has 42 heavy (non-hydrogen) atoms. The van der Waals surface area contributed by atoms with Crippen LogP contribution in [-0.4, -0.2) is 100 Å². The van der Waals surface area contributed by atoms with Crippen LogP contribution in [0.1, 0.15) is 52.0 Å². The average Bonchev–Trinajstić information content (AvgIpc) is 3.64. The summed E-state index contributed by atoms with van der Waals surface area (Å²) in [4.78, 5) is 43.6. The molecule has 1 aromatic carbocycles. The van der Waals surface area contributed by atoms with Crippen molar-refractivity contribution in [3.8, 4) is 11.4 Å². The molecule has 228 valence electrons. The molecule has 0 radical (unpaired) electrons. The second-order valence-electron chi connectivity index (χ2n) is 11.3. The lowest BCUT2D eigenvalue weighted by Crippen LogP contribution is -2.55. The molecule has 0 spiro atoms. The van der Waals surface area contributed by atoms with Crippen LogP contribution in [0.5, 0.6) is 0 Å². The topological polar surface area (TPSA) is 129 Å². The molecule has 2 saturated heterocycles. The number of rotatable bonds is 8. The Morgan fingerprint density at radius 3 is 2.40 bits per heavy atom. The summed E-state index contributed by atoms with van der Waals surface area (Å²) in [6.45, 7) is 5.94. The minimum atomic E-state index is -0.647. The van der Waals surface area contributed by atoms with E-state index in [-0.39, 0.29) is 30.5 Å². The van der Waals surface area contributed by atoms with Gasteiger partial charge in [-0.25, -0.2) is 9.59 Å². The number of likely N-dealkylation sites (tertiary alicyclic amines) is 2. The lowest BCUT2D eigenvalue weighted by Gasteiger charge is -2.46. The number of hydrogen-bond donors (Lipinski definition) is 0. The molecule has 3 heterocycles. The molecule has 1 aliphatic carbocycles. The van der Waals surface area contributed by atoms with Gasteiger partial charge in [-0.1, -0.05) is 23.7 Å². The standard InChI is InChI=1S/C29H39ClN6O6/c1-4-41-27(37)24-14-21(36-32-26(31-33-36)22-8-6-7-9-23(22)30)17-34(24)15-18-10-11-19-16-35(29(39)40-3)25(13-20(19)12-18)28(38)42-5-2/h6-9,18-21,24-25H,4-5,10-17H2,1-3H3. The van der Waals surface area contributed by atoms with Gasteiger partial charge in [0.2, 0.25) is 5.82 Å². The Bertz CT molecular complexity index is 1270. The van der Waals surface area contributed by atoms with Crippen LogP contribution in [0.25, 0.3) is 11.4 Å². The number of carbonyl (C=O) groups excluding carboxylic acids is 3. The zero-order chi connectivity index (χ0) is 29.8. The highest BCUT2D eigenvalue weighted by Crippen LogP contribution is 2.43. The van der Waals surface area contributed by atoms with Gasteiger partial charge in [-0.05, 0) is 81.1 Å². The first-order chi connectivity index (χ1) is 20.3. The van der Waals surface area contributed by atoms with E-state index in [0.29, 0.717) is 60.8 Å². The highest BCUT2D eigenvalue weighted by Gasteiger charge is 2.46. The van der Waals surface area contributed by atoms with E-state index in [0.717, 1.165) is 25.8 Å². The van der Waals surface area contributed by atoms with E-state index in [1.165, 1.54) is 12.0 Å². The van der Waals surface area contributed by atoms with Crippen molar-refractivity contribution < 1.29 is 28.6 Å². The molecule has 6 atom stereocenters. The first-order valence-corrected chi connectivity index (χ1v) is 15.2. The van der Waals surface area contributed by atoms with Crippen LogP contribution in [0.3, 0.4) is 0 Å². The van der Waals surface area contributed by atoms with Crippen LogP contribution >= 0.6 is 11.6 Å². The van der Waals surface area contributed by atoms with E-state index in [1.54, 1.807) is 17.8 Å². The molecule has 1 aromatic heterocycles. The number of aromatic nitrogens is 4. The van der Waals surface area contributed by atoms with Gasteiger partial charge in [0, 0.05) is 25.2 Å². The smallest absolute Gasteiger partial charge is 0.410 e. The molecule has 13 heteroatoms. The first kappa shape index (κ1) is 30.2. The van der Waals surface area contributed by atoms with E-state index in [2.05, 4.69) is 20.3 Å². The van der Waals surface area contributed by atoms with Gasteiger partial charge in [0.25, 0.3) is 0 Å². The number of piperidine rings is 1. The number of carbonyl (C=O) groups is 3. The fourth-order valence-corrected chi connectivity index (χ4v) is 7.11. The van der Waals surface area contributed by atoms with Gasteiger partial charge in [0.15, 0.2) is 0 Å². The maximum atomic E-state index is 13.0. The van der Waals surface area contributed by atoms with Crippen molar-refractivity contribution in [2.24, 2.45) is 17.8 Å². The van der Waals surface area contributed by atoms with Gasteiger partial charge in [0.1, 0.15) is 12.1 Å². The van der Waals surface area contributed by atoms with E-state index in [4.69, 9.17) is 25.8 Å². The number of amides is 1. The summed E-state index contributed by atoms with van der Waals surface area (Å²) in [6.07, 6.45) is 3.39. The Labute approximate surface area is 250 Å². The number of halogens is 1. The third kappa shape index (κ3) is 6.39. The van der Waals surface area contributed by atoms with Gasteiger partial charge in [-0.2, -0.15) is 4.80 Å². The number of benzene rings is 1. The molecule has 1 saturated carbocycles. The normalized spacial score (nSPS) is 27.8. The Balaban J connectivity index is 1.28. The average molecular weight is 603 g/mol. The molecule has 12 nitrogen and oxygen atoms in total. The number of hydrogen-bond acceptors (Lipinski definition) is 10. The second-order valence-corrected chi connectivity index (χ2v) is 11.8. The highest BCUT2D eigenvalue weighted by molar-refractivity contribution is 6.33. The molecule has 0 N–H and O–H groups in total.